The molecule has 0 aliphatic carbocycles. The Bertz CT molecular complexity index is 492. The van der Waals surface area contributed by atoms with Crippen LogP contribution in [0.5, 0.6) is 5.75 Å². The second kappa shape index (κ2) is 8.52. The smallest absolute Gasteiger partial charge is 0.310 e. The summed E-state index contributed by atoms with van der Waals surface area (Å²) >= 11 is 5.95. The van der Waals surface area contributed by atoms with Crippen LogP contribution in [0.4, 0.5) is 0 Å². The molecule has 0 aliphatic rings. The van der Waals surface area contributed by atoms with E-state index in [1.54, 1.807) is 26.1 Å². The molecule has 0 spiro atoms. The van der Waals surface area contributed by atoms with Crippen molar-refractivity contribution in [3.8, 4) is 5.75 Å². The van der Waals surface area contributed by atoms with Gasteiger partial charge in [-0.25, -0.2) is 0 Å². The maximum atomic E-state index is 11.9. The van der Waals surface area contributed by atoms with Gasteiger partial charge in [0.15, 0.2) is 0 Å². The van der Waals surface area contributed by atoms with Gasteiger partial charge in [0.1, 0.15) is 5.75 Å². The molecular weight excluding hydrogens is 294 g/mol. The van der Waals surface area contributed by atoms with Gasteiger partial charge in [0.05, 0.1) is 31.1 Å². The zero-order valence-electron chi connectivity index (χ0n) is 12.5. The fraction of sp³-hybridized carbons (Fsp3) is 0.467. The van der Waals surface area contributed by atoms with Gasteiger partial charge in [-0.15, -0.1) is 0 Å². The van der Waals surface area contributed by atoms with E-state index in [9.17, 15) is 9.59 Å². The largest absolute Gasteiger partial charge is 0.491 e. The van der Waals surface area contributed by atoms with Gasteiger partial charge in [-0.05, 0) is 12.1 Å². The molecule has 0 heterocycles. The molecule has 1 unspecified atom stereocenters. The number of esters is 1. The van der Waals surface area contributed by atoms with E-state index >= 15 is 0 Å². The molecule has 0 saturated heterocycles. The summed E-state index contributed by atoms with van der Waals surface area (Å²) in [5, 5.41) is 0.512. The van der Waals surface area contributed by atoms with Gasteiger partial charge in [-0.2, -0.15) is 0 Å². The molecule has 0 aliphatic heterocycles. The third-order valence-electron chi connectivity index (χ3n) is 2.99. The lowest BCUT2D eigenvalue weighted by molar-refractivity contribution is -0.146. The van der Waals surface area contributed by atoms with Crippen LogP contribution in [0.3, 0.4) is 0 Å². The number of rotatable bonds is 7. The van der Waals surface area contributed by atoms with Gasteiger partial charge in [0, 0.05) is 13.6 Å². The van der Waals surface area contributed by atoms with E-state index in [-0.39, 0.29) is 30.8 Å². The van der Waals surface area contributed by atoms with Crippen LogP contribution in [0.15, 0.2) is 24.3 Å². The van der Waals surface area contributed by atoms with E-state index in [0.717, 1.165) is 0 Å². The lowest BCUT2D eigenvalue weighted by Crippen LogP contribution is -2.34. The number of amides is 1. The van der Waals surface area contributed by atoms with Crippen LogP contribution in [0.1, 0.15) is 13.3 Å². The molecule has 21 heavy (non-hydrogen) atoms. The van der Waals surface area contributed by atoms with Gasteiger partial charge >= 0.3 is 5.97 Å². The number of hydrogen-bond donors (Lipinski definition) is 0. The van der Waals surface area contributed by atoms with Crippen molar-refractivity contribution in [1.82, 2.24) is 4.90 Å². The molecule has 0 aromatic heterocycles. The Balaban J connectivity index is 2.36. The van der Waals surface area contributed by atoms with Crippen LogP contribution >= 0.6 is 11.6 Å². The molecule has 0 fully saturated rings. The van der Waals surface area contributed by atoms with Crippen molar-refractivity contribution in [3.05, 3.63) is 29.3 Å². The van der Waals surface area contributed by atoms with E-state index in [4.69, 9.17) is 16.3 Å². The molecule has 1 atom stereocenters. The first-order valence-electron chi connectivity index (χ1n) is 6.64. The number of para-hydroxylation sites is 1. The molecule has 0 saturated carbocycles. The zero-order chi connectivity index (χ0) is 15.8. The lowest BCUT2D eigenvalue weighted by atomic mass is 10.1. The van der Waals surface area contributed by atoms with Crippen molar-refractivity contribution < 1.29 is 19.1 Å². The molecule has 0 N–H and O–H groups in total. The summed E-state index contributed by atoms with van der Waals surface area (Å²) in [5.41, 5.74) is 0. The minimum Gasteiger partial charge on any atom is -0.491 e. The Labute approximate surface area is 129 Å². The average molecular weight is 314 g/mol. The Kier molecular flexibility index (Phi) is 7.02. The fourth-order valence-electron chi connectivity index (χ4n) is 1.79. The first-order chi connectivity index (χ1) is 9.95. The van der Waals surface area contributed by atoms with Crippen LogP contribution < -0.4 is 4.74 Å². The lowest BCUT2D eigenvalue weighted by Gasteiger charge is -2.20. The number of hydrogen-bond acceptors (Lipinski definition) is 4. The van der Waals surface area contributed by atoms with Gasteiger partial charge < -0.3 is 14.4 Å². The van der Waals surface area contributed by atoms with Crippen molar-refractivity contribution in [1.29, 1.82) is 0 Å². The number of ether oxygens (including phenoxy) is 2. The second-order valence-corrected chi connectivity index (χ2v) is 5.13. The minimum absolute atomic E-state index is 0.0993. The normalized spacial score (nSPS) is 11.6. The Hall–Kier alpha value is -1.75. The highest BCUT2D eigenvalue weighted by Gasteiger charge is 2.18. The highest BCUT2D eigenvalue weighted by atomic mass is 35.5. The van der Waals surface area contributed by atoms with Gasteiger partial charge in [0.2, 0.25) is 5.91 Å². The Morgan fingerprint density at radius 2 is 2.00 bits per heavy atom. The highest BCUT2D eigenvalue weighted by molar-refractivity contribution is 6.32. The van der Waals surface area contributed by atoms with E-state index in [1.807, 2.05) is 12.1 Å². The summed E-state index contributed by atoms with van der Waals surface area (Å²) < 4.78 is 10.1. The zero-order valence-corrected chi connectivity index (χ0v) is 13.2. The predicted molar refractivity (Wildman–Crippen MR) is 80.4 cm³/mol. The fourth-order valence-corrected chi connectivity index (χ4v) is 1.98. The average Bonchev–Trinajstić information content (AvgIpc) is 2.47. The molecule has 116 valence electrons. The third kappa shape index (κ3) is 5.63. The summed E-state index contributed by atoms with van der Waals surface area (Å²) in [4.78, 5) is 24.7. The molecule has 1 aromatic rings. The monoisotopic (exact) mass is 313 g/mol. The minimum atomic E-state index is -0.353. The van der Waals surface area contributed by atoms with Crippen molar-refractivity contribution >= 4 is 23.5 Å². The summed E-state index contributed by atoms with van der Waals surface area (Å²) in [7, 11) is 2.98. The highest BCUT2D eigenvalue weighted by Crippen LogP contribution is 2.23. The summed E-state index contributed by atoms with van der Waals surface area (Å²) in [5.74, 6) is -0.231. The molecular formula is C15H20ClNO4. The van der Waals surface area contributed by atoms with Crippen molar-refractivity contribution in [2.24, 2.45) is 5.92 Å². The van der Waals surface area contributed by atoms with Crippen molar-refractivity contribution in [2.45, 2.75) is 13.3 Å². The maximum Gasteiger partial charge on any atom is 0.310 e. The summed E-state index contributed by atoms with van der Waals surface area (Å²) in [6.07, 6.45) is 0.218. The van der Waals surface area contributed by atoms with Crippen molar-refractivity contribution in [2.75, 3.05) is 27.3 Å². The van der Waals surface area contributed by atoms with E-state index < -0.39 is 0 Å². The third-order valence-corrected chi connectivity index (χ3v) is 3.30. The number of carbonyl (C=O) groups excluding carboxylic acids is 2. The molecule has 1 rings (SSSR count). The SMILES string of the molecule is COC(=O)C(C)CN(C)C(=O)CCOc1ccccc1Cl. The molecule has 0 radical (unpaired) electrons. The van der Waals surface area contributed by atoms with Gasteiger partial charge in [-0.3, -0.25) is 9.59 Å². The standard InChI is InChI=1S/C15H20ClNO4/c1-11(15(19)20-3)10-17(2)14(18)8-9-21-13-7-5-4-6-12(13)16/h4-7,11H,8-10H2,1-3H3. The van der Waals surface area contributed by atoms with Gasteiger partial charge in [0.25, 0.3) is 0 Å². The molecule has 6 heteroatoms. The number of methoxy groups -OCH3 is 1. The van der Waals surface area contributed by atoms with Crippen LogP contribution in [0.25, 0.3) is 0 Å². The number of benzene rings is 1. The second-order valence-electron chi connectivity index (χ2n) is 4.73. The van der Waals surface area contributed by atoms with E-state index in [2.05, 4.69) is 4.74 Å². The molecule has 1 aromatic carbocycles. The summed E-state index contributed by atoms with van der Waals surface area (Å²) in [6.45, 7) is 2.27. The van der Waals surface area contributed by atoms with E-state index in [1.165, 1.54) is 12.0 Å². The number of carbonyl (C=O) groups is 2. The summed E-state index contributed by atoms with van der Waals surface area (Å²) in [6, 6.07) is 7.09. The molecule has 1 amide bonds. The topological polar surface area (TPSA) is 55.8 Å². The number of nitrogens with zero attached hydrogens (tertiary/aromatic N) is 1. The van der Waals surface area contributed by atoms with Crippen LogP contribution in [-0.2, 0) is 14.3 Å². The van der Waals surface area contributed by atoms with Crippen LogP contribution in [-0.4, -0.2) is 44.1 Å². The van der Waals surface area contributed by atoms with Gasteiger partial charge in [-0.1, -0.05) is 30.7 Å². The quantitative estimate of drug-likeness (QED) is 0.725. The first kappa shape index (κ1) is 17.3. The number of halogens is 1. The van der Waals surface area contributed by atoms with E-state index in [0.29, 0.717) is 17.3 Å². The van der Waals surface area contributed by atoms with Crippen molar-refractivity contribution in [3.63, 3.8) is 0 Å². The maximum absolute atomic E-state index is 11.9. The first-order valence-corrected chi connectivity index (χ1v) is 7.02. The predicted octanol–water partition coefficient (Wildman–Crippen LogP) is 2.38. The molecule has 0 bridgehead atoms. The molecule has 5 nitrogen and oxygen atoms in total. The Morgan fingerprint density at radius 3 is 2.62 bits per heavy atom. The van der Waals surface area contributed by atoms with Crippen LogP contribution in [0, 0.1) is 5.92 Å². The van der Waals surface area contributed by atoms with Crippen LogP contribution in [0.2, 0.25) is 5.02 Å². The Morgan fingerprint density at radius 1 is 1.33 bits per heavy atom.